The molecular weight excluding hydrogens is 393 g/mol. The molecule has 0 N–H and O–H groups in total. The number of rotatable bonds is 3. The Hall–Kier alpha value is -2.46. The van der Waals surface area contributed by atoms with Gasteiger partial charge in [0.1, 0.15) is 0 Å². The largest absolute Gasteiger partial charge is 0.252 e. The van der Waals surface area contributed by atoms with Crippen molar-refractivity contribution in [2.45, 2.75) is 13.8 Å². The van der Waals surface area contributed by atoms with Gasteiger partial charge in [-0.05, 0) is 6.92 Å². The highest BCUT2D eigenvalue weighted by Crippen LogP contribution is 2.22. The highest BCUT2D eigenvalue weighted by atomic mass is 19.2. The standard InChI is InChI=1S/C16H7BF10/c1-3-4(2)17(5-7(18)11(22)15(26)12(23)8(5)19)6-9(20)13(24)16(27)14(25)10(6)21/h3H,1-2H3/b4-3+. The third-order valence-corrected chi connectivity index (χ3v) is 3.98. The van der Waals surface area contributed by atoms with E-state index in [0.717, 1.165) is 13.0 Å². The van der Waals surface area contributed by atoms with Crippen molar-refractivity contribution in [3.05, 3.63) is 69.7 Å². The maximum absolute atomic E-state index is 14.1. The van der Waals surface area contributed by atoms with Crippen LogP contribution in [0.15, 0.2) is 11.5 Å². The number of halogens is 10. The van der Waals surface area contributed by atoms with Crippen LogP contribution in [-0.4, -0.2) is 6.71 Å². The Bertz CT molecular complexity index is 839. The molecule has 11 heteroatoms. The first-order valence-electron chi connectivity index (χ1n) is 7.12. The van der Waals surface area contributed by atoms with Crippen LogP contribution in [0.4, 0.5) is 43.9 Å². The monoisotopic (exact) mass is 400 g/mol. The second-order valence-electron chi connectivity index (χ2n) is 5.43. The van der Waals surface area contributed by atoms with Gasteiger partial charge in [0.25, 0.3) is 6.71 Å². The van der Waals surface area contributed by atoms with Crippen LogP contribution in [0.2, 0.25) is 0 Å². The average molecular weight is 400 g/mol. The van der Waals surface area contributed by atoms with E-state index in [4.69, 9.17) is 0 Å². The Morgan fingerprint density at radius 3 is 0.963 bits per heavy atom. The van der Waals surface area contributed by atoms with Gasteiger partial charge in [0.2, 0.25) is 0 Å². The molecule has 2 rings (SSSR count). The molecular formula is C16H7BF10. The summed E-state index contributed by atoms with van der Waals surface area (Å²) in [7, 11) is 0. The van der Waals surface area contributed by atoms with E-state index < -0.39 is 81.3 Å². The lowest BCUT2D eigenvalue weighted by Gasteiger charge is -2.20. The van der Waals surface area contributed by atoms with Gasteiger partial charge in [-0.15, -0.1) is 0 Å². The Labute approximate surface area is 146 Å². The van der Waals surface area contributed by atoms with E-state index in [1.165, 1.54) is 6.92 Å². The number of allylic oxidation sites excluding steroid dienone is 2. The molecule has 0 nitrogen and oxygen atoms in total. The summed E-state index contributed by atoms with van der Waals surface area (Å²) in [6.45, 7) is -0.342. The molecule has 144 valence electrons. The quantitative estimate of drug-likeness (QED) is 0.314. The first-order valence-corrected chi connectivity index (χ1v) is 7.12. The van der Waals surface area contributed by atoms with Crippen LogP contribution in [0.3, 0.4) is 0 Å². The maximum atomic E-state index is 14.1. The van der Waals surface area contributed by atoms with Gasteiger partial charge in [-0.25, -0.2) is 43.9 Å². The van der Waals surface area contributed by atoms with Gasteiger partial charge in [-0.3, -0.25) is 0 Å². The molecule has 27 heavy (non-hydrogen) atoms. The molecule has 0 bridgehead atoms. The van der Waals surface area contributed by atoms with Crippen LogP contribution in [0, 0.1) is 58.2 Å². The number of hydrogen-bond donors (Lipinski definition) is 0. The third kappa shape index (κ3) is 3.08. The van der Waals surface area contributed by atoms with Crippen LogP contribution in [0.5, 0.6) is 0 Å². The highest BCUT2D eigenvalue weighted by Gasteiger charge is 2.40. The van der Waals surface area contributed by atoms with E-state index in [0.29, 0.717) is 0 Å². The topological polar surface area (TPSA) is 0 Å². The summed E-state index contributed by atoms with van der Waals surface area (Å²) in [5.41, 5.74) is -3.92. The van der Waals surface area contributed by atoms with Crippen molar-refractivity contribution in [2.24, 2.45) is 0 Å². The SMILES string of the molecule is C/C=C(\C)B(c1c(F)c(F)c(F)c(F)c1F)c1c(F)c(F)c(F)c(F)c1F. The zero-order chi connectivity index (χ0) is 20.8. The third-order valence-electron chi connectivity index (χ3n) is 3.98. The second kappa shape index (κ2) is 7.28. The van der Waals surface area contributed by atoms with Gasteiger partial charge in [0.05, 0.1) is 0 Å². The van der Waals surface area contributed by atoms with Crippen molar-refractivity contribution in [3.63, 3.8) is 0 Å². The molecule has 2 aromatic carbocycles. The maximum Gasteiger partial charge on any atom is 0.252 e. The van der Waals surface area contributed by atoms with Crippen molar-refractivity contribution in [2.75, 3.05) is 0 Å². The lowest BCUT2D eigenvalue weighted by Crippen LogP contribution is -2.51. The molecule has 0 aromatic heterocycles. The molecule has 0 fully saturated rings. The minimum atomic E-state index is -2.54. The Balaban J connectivity index is 3.04. The van der Waals surface area contributed by atoms with Crippen LogP contribution in [-0.2, 0) is 0 Å². The fourth-order valence-electron chi connectivity index (χ4n) is 2.52. The minimum Gasteiger partial charge on any atom is -0.204 e. The molecule has 0 atom stereocenters. The number of benzene rings is 2. The predicted octanol–water partition coefficient (Wildman–Crippen LogP) is 4.19. The molecule has 0 aliphatic rings. The predicted molar refractivity (Wildman–Crippen MR) is 76.9 cm³/mol. The van der Waals surface area contributed by atoms with E-state index in [2.05, 4.69) is 0 Å². The Kier molecular flexibility index (Phi) is 5.62. The highest BCUT2D eigenvalue weighted by molar-refractivity contribution is 6.91. The molecule has 0 radical (unpaired) electrons. The molecule has 0 spiro atoms. The Morgan fingerprint density at radius 1 is 0.519 bits per heavy atom. The normalized spacial score (nSPS) is 11.9. The number of hydrogen-bond acceptors (Lipinski definition) is 0. The van der Waals surface area contributed by atoms with Gasteiger partial charge in [-0.2, -0.15) is 0 Å². The fraction of sp³-hybridized carbons (Fsp3) is 0.125. The molecule has 0 heterocycles. The lowest BCUT2D eigenvalue weighted by molar-refractivity contribution is 0.382. The second-order valence-corrected chi connectivity index (χ2v) is 5.43. The van der Waals surface area contributed by atoms with Crippen LogP contribution in [0.25, 0.3) is 0 Å². The van der Waals surface area contributed by atoms with Gasteiger partial charge >= 0.3 is 0 Å². The van der Waals surface area contributed by atoms with Gasteiger partial charge in [-0.1, -0.05) is 18.5 Å². The van der Waals surface area contributed by atoms with Crippen LogP contribution >= 0.6 is 0 Å². The lowest BCUT2D eigenvalue weighted by atomic mass is 9.36. The first kappa shape index (κ1) is 20.9. The van der Waals surface area contributed by atoms with E-state index in [-0.39, 0.29) is 0 Å². The summed E-state index contributed by atoms with van der Waals surface area (Å²) >= 11 is 0. The van der Waals surface area contributed by atoms with Crippen molar-refractivity contribution >= 4 is 17.6 Å². The fourth-order valence-corrected chi connectivity index (χ4v) is 2.52. The molecule has 0 aliphatic heterocycles. The zero-order valence-corrected chi connectivity index (χ0v) is 13.4. The summed E-state index contributed by atoms with van der Waals surface area (Å²) in [6, 6.07) is 0. The first-order chi connectivity index (χ1) is 12.5. The summed E-state index contributed by atoms with van der Waals surface area (Å²) in [6.07, 6.45) is 0.959. The van der Waals surface area contributed by atoms with Crippen LogP contribution in [0.1, 0.15) is 13.8 Å². The molecule has 0 aliphatic carbocycles. The van der Waals surface area contributed by atoms with Crippen LogP contribution < -0.4 is 10.9 Å². The van der Waals surface area contributed by atoms with E-state index in [9.17, 15) is 43.9 Å². The average Bonchev–Trinajstić information content (AvgIpc) is 2.66. The molecule has 0 amide bonds. The van der Waals surface area contributed by atoms with Crippen molar-refractivity contribution in [1.29, 1.82) is 0 Å². The van der Waals surface area contributed by atoms with Gasteiger partial charge < -0.3 is 0 Å². The molecule has 0 unspecified atom stereocenters. The summed E-state index contributed by atoms with van der Waals surface area (Å²) in [4.78, 5) is 0. The van der Waals surface area contributed by atoms with E-state index in [1.807, 2.05) is 0 Å². The van der Waals surface area contributed by atoms with Crippen molar-refractivity contribution in [1.82, 2.24) is 0 Å². The smallest absolute Gasteiger partial charge is 0.204 e. The molecule has 2 aromatic rings. The zero-order valence-electron chi connectivity index (χ0n) is 13.4. The van der Waals surface area contributed by atoms with E-state index >= 15 is 0 Å². The van der Waals surface area contributed by atoms with E-state index in [1.54, 1.807) is 0 Å². The minimum absolute atomic E-state index is 0.429. The van der Waals surface area contributed by atoms with Gasteiger partial charge in [0.15, 0.2) is 58.2 Å². The summed E-state index contributed by atoms with van der Waals surface area (Å²) in [5, 5.41) is 0. The Morgan fingerprint density at radius 2 is 0.741 bits per heavy atom. The summed E-state index contributed by atoms with van der Waals surface area (Å²) in [5.74, 6) is -24.6. The van der Waals surface area contributed by atoms with Crippen molar-refractivity contribution < 1.29 is 43.9 Å². The summed E-state index contributed by atoms with van der Waals surface area (Å²) < 4.78 is 137. The molecule has 0 saturated heterocycles. The molecule has 0 saturated carbocycles. The van der Waals surface area contributed by atoms with Crippen molar-refractivity contribution in [3.8, 4) is 0 Å². The van der Waals surface area contributed by atoms with Gasteiger partial charge in [0, 0.05) is 10.9 Å².